The first kappa shape index (κ1) is 20.4. The second-order valence-corrected chi connectivity index (χ2v) is 6.35. The third-order valence-corrected chi connectivity index (χ3v) is 3.96. The topological polar surface area (TPSA) is 64.6 Å². The zero-order chi connectivity index (χ0) is 19.8. The van der Waals surface area contributed by atoms with Crippen molar-refractivity contribution in [2.45, 2.75) is 33.4 Å². The third kappa shape index (κ3) is 5.81. The van der Waals surface area contributed by atoms with E-state index >= 15 is 0 Å². The molecule has 5 nitrogen and oxygen atoms in total. The summed E-state index contributed by atoms with van der Waals surface area (Å²) >= 11 is 0. The number of carbonyl (C=O) groups excluding carboxylic acids is 2. The molecule has 2 rings (SSSR count). The number of hydrogen-bond acceptors (Lipinski definition) is 4. The number of hydrogen-bond donors (Lipinski definition) is 1. The molecule has 0 spiro atoms. The zero-order valence-electron chi connectivity index (χ0n) is 15.7. The maximum Gasteiger partial charge on any atom is 0.329 e. The Morgan fingerprint density at radius 2 is 1.74 bits per heavy atom. The minimum atomic E-state index is -0.837. The molecule has 6 heteroatoms. The number of nitrogens with one attached hydrogen (secondary N) is 1. The Hall–Kier alpha value is -2.89. The van der Waals surface area contributed by atoms with Gasteiger partial charge >= 0.3 is 5.97 Å². The van der Waals surface area contributed by atoms with Crippen LogP contribution in [0, 0.1) is 11.7 Å². The van der Waals surface area contributed by atoms with Crippen molar-refractivity contribution in [2.24, 2.45) is 5.92 Å². The summed E-state index contributed by atoms with van der Waals surface area (Å²) in [6, 6.07) is 11.9. The molecule has 2 aromatic rings. The van der Waals surface area contributed by atoms with Gasteiger partial charge in [0.15, 0.2) is 0 Å². The maximum absolute atomic E-state index is 13.6. The molecule has 0 radical (unpaired) electrons. The molecule has 27 heavy (non-hydrogen) atoms. The summed E-state index contributed by atoms with van der Waals surface area (Å²) in [7, 11) is 0. The van der Waals surface area contributed by atoms with Crippen LogP contribution < -0.4 is 10.1 Å². The number of halogens is 1. The highest BCUT2D eigenvalue weighted by Crippen LogP contribution is 2.14. The fourth-order valence-electron chi connectivity index (χ4n) is 2.45. The highest BCUT2D eigenvalue weighted by Gasteiger charge is 2.26. The van der Waals surface area contributed by atoms with Crippen molar-refractivity contribution in [1.29, 1.82) is 0 Å². The molecule has 1 N–H and O–H groups in total. The standard InChI is InChI=1S/C21H24FNO4/c1-4-26-17-11-9-15(10-12-17)20(24)23-19(14(2)3)21(25)27-13-16-7-5-6-8-18(16)22/h5-12,14,19H,4,13H2,1-3H3,(H,23,24)/t19-/m0/s1. The summed E-state index contributed by atoms with van der Waals surface area (Å²) < 4.78 is 24.2. The number of amides is 1. The van der Waals surface area contributed by atoms with E-state index in [1.807, 2.05) is 6.92 Å². The molecule has 0 saturated carbocycles. The van der Waals surface area contributed by atoms with Crippen LogP contribution in [0.2, 0.25) is 0 Å². The number of carbonyl (C=O) groups is 2. The first-order valence-corrected chi connectivity index (χ1v) is 8.86. The van der Waals surface area contributed by atoms with Gasteiger partial charge < -0.3 is 14.8 Å². The molecule has 0 aliphatic heterocycles. The molecule has 0 bridgehead atoms. The van der Waals surface area contributed by atoms with Crippen LogP contribution in [0.5, 0.6) is 5.75 Å². The second kappa shape index (κ2) is 9.71. The average Bonchev–Trinajstić information content (AvgIpc) is 2.65. The Labute approximate surface area is 158 Å². The minimum Gasteiger partial charge on any atom is -0.494 e. The lowest BCUT2D eigenvalue weighted by Gasteiger charge is -2.21. The third-order valence-electron chi connectivity index (χ3n) is 3.96. The fourth-order valence-corrected chi connectivity index (χ4v) is 2.45. The number of esters is 1. The normalized spacial score (nSPS) is 11.7. The van der Waals surface area contributed by atoms with E-state index in [-0.39, 0.29) is 24.0 Å². The van der Waals surface area contributed by atoms with E-state index in [2.05, 4.69) is 5.32 Å². The van der Waals surface area contributed by atoms with E-state index in [4.69, 9.17) is 9.47 Å². The summed E-state index contributed by atoms with van der Waals surface area (Å²) in [5.74, 6) is -0.958. The van der Waals surface area contributed by atoms with Gasteiger partial charge in [0.25, 0.3) is 5.91 Å². The predicted octanol–water partition coefficient (Wildman–Crippen LogP) is 3.72. The highest BCUT2D eigenvalue weighted by molar-refractivity contribution is 5.96. The molecule has 144 valence electrons. The van der Waals surface area contributed by atoms with Gasteiger partial charge in [-0.3, -0.25) is 4.79 Å². The molecular formula is C21H24FNO4. The molecule has 2 aromatic carbocycles. The van der Waals surface area contributed by atoms with Crippen molar-refractivity contribution < 1.29 is 23.5 Å². The molecule has 0 fully saturated rings. The number of ether oxygens (including phenoxy) is 2. The summed E-state index contributed by atoms with van der Waals surface area (Å²) in [5.41, 5.74) is 0.692. The SMILES string of the molecule is CCOc1ccc(C(=O)N[C@H](C(=O)OCc2ccccc2F)C(C)C)cc1. The van der Waals surface area contributed by atoms with Crippen molar-refractivity contribution in [1.82, 2.24) is 5.32 Å². The van der Waals surface area contributed by atoms with Crippen molar-refractivity contribution in [2.75, 3.05) is 6.61 Å². The van der Waals surface area contributed by atoms with Crippen LogP contribution in [0.3, 0.4) is 0 Å². The summed E-state index contributed by atoms with van der Waals surface area (Å²) in [5, 5.41) is 2.69. The quantitative estimate of drug-likeness (QED) is 0.716. The van der Waals surface area contributed by atoms with E-state index in [9.17, 15) is 14.0 Å². The van der Waals surface area contributed by atoms with E-state index < -0.39 is 17.8 Å². The van der Waals surface area contributed by atoms with Gasteiger partial charge in [0.05, 0.1) is 6.61 Å². The van der Waals surface area contributed by atoms with Crippen LogP contribution in [-0.4, -0.2) is 24.5 Å². The lowest BCUT2D eigenvalue weighted by Crippen LogP contribution is -2.45. The second-order valence-electron chi connectivity index (χ2n) is 6.35. The molecule has 0 aliphatic carbocycles. The lowest BCUT2D eigenvalue weighted by molar-refractivity contribution is -0.148. The highest BCUT2D eigenvalue weighted by atomic mass is 19.1. The molecule has 0 aromatic heterocycles. The monoisotopic (exact) mass is 373 g/mol. The minimum absolute atomic E-state index is 0.187. The predicted molar refractivity (Wildman–Crippen MR) is 99.9 cm³/mol. The van der Waals surface area contributed by atoms with Crippen LogP contribution in [0.25, 0.3) is 0 Å². The zero-order valence-corrected chi connectivity index (χ0v) is 15.7. The maximum atomic E-state index is 13.6. The van der Waals surface area contributed by atoms with E-state index in [0.29, 0.717) is 17.9 Å². The number of benzene rings is 2. The van der Waals surface area contributed by atoms with Gasteiger partial charge in [0.2, 0.25) is 0 Å². The van der Waals surface area contributed by atoms with Gasteiger partial charge in [0.1, 0.15) is 24.2 Å². The Bertz CT molecular complexity index is 774. The Morgan fingerprint density at radius 3 is 2.33 bits per heavy atom. The molecular weight excluding hydrogens is 349 g/mol. The van der Waals surface area contributed by atoms with Crippen molar-refractivity contribution >= 4 is 11.9 Å². The van der Waals surface area contributed by atoms with Gasteiger partial charge in [-0.05, 0) is 43.2 Å². The van der Waals surface area contributed by atoms with Crippen LogP contribution >= 0.6 is 0 Å². The molecule has 0 unspecified atom stereocenters. The van der Waals surface area contributed by atoms with E-state index in [0.717, 1.165) is 0 Å². The summed E-state index contributed by atoms with van der Waals surface area (Å²) in [6.07, 6.45) is 0. The van der Waals surface area contributed by atoms with E-state index in [1.54, 1.807) is 56.3 Å². The van der Waals surface area contributed by atoms with Gasteiger partial charge in [0, 0.05) is 11.1 Å². The van der Waals surface area contributed by atoms with Gasteiger partial charge in [-0.15, -0.1) is 0 Å². The Balaban J connectivity index is 2.00. The van der Waals surface area contributed by atoms with Crippen LogP contribution in [-0.2, 0) is 16.1 Å². The van der Waals surface area contributed by atoms with Gasteiger partial charge in [-0.25, -0.2) is 9.18 Å². The van der Waals surface area contributed by atoms with E-state index in [1.165, 1.54) is 6.07 Å². The summed E-state index contributed by atoms with van der Waals surface area (Å²) in [4.78, 5) is 24.8. The van der Waals surface area contributed by atoms with Crippen molar-refractivity contribution in [3.05, 3.63) is 65.5 Å². The molecule has 0 aliphatic rings. The van der Waals surface area contributed by atoms with Gasteiger partial charge in [-0.2, -0.15) is 0 Å². The molecule has 1 amide bonds. The lowest BCUT2D eigenvalue weighted by atomic mass is 10.0. The molecule has 0 saturated heterocycles. The number of rotatable bonds is 8. The average molecular weight is 373 g/mol. The van der Waals surface area contributed by atoms with Crippen molar-refractivity contribution in [3.63, 3.8) is 0 Å². The molecule has 1 atom stereocenters. The first-order chi connectivity index (χ1) is 12.9. The smallest absolute Gasteiger partial charge is 0.329 e. The Morgan fingerprint density at radius 1 is 1.07 bits per heavy atom. The largest absolute Gasteiger partial charge is 0.494 e. The summed E-state index contributed by atoms with van der Waals surface area (Å²) in [6.45, 7) is 5.82. The first-order valence-electron chi connectivity index (χ1n) is 8.86. The fraction of sp³-hybridized carbons (Fsp3) is 0.333. The molecule has 0 heterocycles. The van der Waals surface area contributed by atoms with Crippen molar-refractivity contribution in [3.8, 4) is 5.75 Å². The van der Waals surface area contributed by atoms with Gasteiger partial charge in [-0.1, -0.05) is 32.0 Å². The van der Waals surface area contributed by atoms with Crippen LogP contribution in [0.1, 0.15) is 36.7 Å². The van der Waals surface area contributed by atoms with Crippen LogP contribution in [0.4, 0.5) is 4.39 Å². The Kier molecular flexibility index (Phi) is 7.34. The van der Waals surface area contributed by atoms with Crippen LogP contribution in [0.15, 0.2) is 48.5 Å².